The van der Waals surface area contributed by atoms with Crippen molar-refractivity contribution in [3.63, 3.8) is 0 Å². The highest BCUT2D eigenvalue weighted by Crippen LogP contribution is 2.19. The van der Waals surface area contributed by atoms with Gasteiger partial charge in [-0.1, -0.05) is 6.92 Å². The van der Waals surface area contributed by atoms with Gasteiger partial charge in [-0.05, 0) is 25.5 Å². The number of aromatic nitrogens is 2. The Morgan fingerprint density at radius 3 is 2.76 bits per heavy atom. The standard InChI is InChI=1S/C12H21N5/c1-3-17-8-5-10(6-9-17)16(2)12-14-7-4-11(13)15-12/h4,7,10H,3,5-6,8-9H2,1-2H3,(H2,13,14,15). The summed E-state index contributed by atoms with van der Waals surface area (Å²) in [5.74, 6) is 1.27. The molecule has 2 N–H and O–H groups in total. The Morgan fingerprint density at radius 1 is 1.47 bits per heavy atom. The van der Waals surface area contributed by atoms with E-state index in [0.29, 0.717) is 11.9 Å². The first kappa shape index (κ1) is 12.1. The van der Waals surface area contributed by atoms with Crippen molar-refractivity contribution in [2.45, 2.75) is 25.8 Å². The molecule has 1 aromatic rings. The van der Waals surface area contributed by atoms with Crippen LogP contribution in [-0.2, 0) is 0 Å². The van der Waals surface area contributed by atoms with E-state index in [1.54, 1.807) is 12.3 Å². The Kier molecular flexibility index (Phi) is 3.78. The molecule has 94 valence electrons. The molecule has 5 heteroatoms. The number of hydrogen-bond donors (Lipinski definition) is 1. The second kappa shape index (κ2) is 5.31. The van der Waals surface area contributed by atoms with Crippen LogP contribution >= 0.6 is 0 Å². The van der Waals surface area contributed by atoms with Gasteiger partial charge >= 0.3 is 0 Å². The third-order valence-corrected chi connectivity index (χ3v) is 3.53. The van der Waals surface area contributed by atoms with Crippen LogP contribution in [0.4, 0.5) is 11.8 Å². The molecule has 0 spiro atoms. The summed E-state index contributed by atoms with van der Waals surface area (Å²) in [5, 5.41) is 0. The van der Waals surface area contributed by atoms with Crippen LogP contribution in [0.2, 0.25) is 0 Å². The highest BCUT2D eigenvalue weighted by Gasteiger charge is 2.23. The van der Waals surface area contributed by atoms with Gasteiger partial charge in [-0.15, -0.1) is 0 Å². The predicted molar refractivity (Wildman–Crippen MR) is 70.0 cm³/mol. The van der Waals surface area contributed by atoms with Crippen LogP contribution in [0.25, 0.3) is 0 Å². The molecule has 0 amide bonds. The SMILES string of the molecule is CCN1CCC(N(C)c2nccc(N)n2)CC1. The van der Waals surface area contributed by atoms with Gasteiger partial charge in [0.2, 0.25) is 5.95 Å². The Hall–Kier alpha value is -1.36. The zero-order valence-electron chi connectivity index (χ0n) is 10.6. The van der Waals surface area contributed by atoms with Crippen molar-refractivity contribution < 1.29 is 0 Å². The molecule has 1 aromatic heterocycles. The van der Waals surface area contributed by atoms with Gasteiger partial charge in [-0.25, -0.2) is 4.98 Å². The Labute approximate surface area is 103 Å². The van der Waals surface area contributed by atoms with Crippen molar-refractivity contribution in [2.24, 2.45) is 0 Å². The second-order valence-electron chi connectivity index (χ2n) is 4.56. The normalized spacial score (nSPS) is 18.2. The molecule has 0 bridgehead atoms. The topological polar surface area (TPSA) is 58.3 Å². The third-order valence-electron chi connectivity index (χ3n) is 3.53. The van der Waals surface area contributed by atoms with E-state index >= 15 is 0 Å². The lowest BCUT2D eigenvalue weighted by Crippen LogP contribution is -2.43. The molecule has 0 aliphatic carbocycles. The highest BCUT2D eigenvalue weighted by atomic mass is 15.3. The van der Waals surface area contributed by atoms with E-state index in [2.05, 4.69) is 33.7 Å². The van der Waals surface area contributed by atoms with Crippen LogP contribution in [0.1, 0.15) is 19.8 Å². The molecule has 1 fully saturated rings. The maximum Gasteiger partial charge on any atom is 0.227 e. The van der Waals surface area contributed by atoms with Crippen LogP contribution in [0.3, 0.4) is 0 Å². The average Bonchev–Trinajstić information content (AvgIpc) is 2.38. The molecule has 17 heavy (non-hydrogen) atoms. The summed E-state index contributed by atoms with van der Waals surface area (Å²) < 4.78 is 0. The molecule has 2 rings (SSSR count). The fourth-order valence-corrected chi connectivity index (χ4v) is 2.32. The van der Waals surface area contributed by atoms with Gasteiger partial charge in [0.1, 0.15) is 5.82 Å². The largest absolute Gasteiger partial charge is 0.384 e. The molecule has 5 nitrogen and oxygen atoms in total. The van der Waals surface area contributed by atoms with Crippen molar-refractivity contribution in [1.29, 1.82) is 0 Å². The van der Waals surface area contributed by atoms with Crippen molar-refractivity contribution in [3.05, 3.63) is 12.3 Å². The fraction of sp³-hybridized carbons (Fsp3) is 0.667. The summed E-state index contributed by atoms with van der Waals surface area (Å²) in [7, 11) is 2.06. The molecular formula is C12H21N5. The van der Waals surface area contributed by atoms with Gasteiger partial charge in [0, 0.05) is 32.4 Å². The minimum Gasteiger partial charge on any atom is -0.384 e. The lowest BCUT2D eigenvalue weighted by atomic mass is 10.0. The Bertz CT molecular complexity index is 360. The maximum absolute atomic E-state index is 5.68. The average molecular weight is 235 g/mol. The molecule has 0 unspecified atom stereocenters. The van der Waals surface area contributed by atoms with Crippen LogP contribution in [0.15, 0.2) is 12.3 Å². The smallest absolute Gasteiger partial charge is 0.227 e. The van der Waals surface area contributed by atoms with Gasteiger partial charge in [-0.2, -0.15) is 4.98 Å². The van der Waals surface area contributed by atoms with Crippen molar-refractivity contribution in [2.75, 3.05) is 37.3 Å². The number of hydrogen-bond acceptors (Lipinski definition) is 5. The van der Waals surface area contributed by atoms with E-state index in [1.807, 2.05) is 0 Å². The number of rotatable bonds is 3. The predicted octanol–water partition coefficient (Wildman–Crippen LogP) is 0.979. The van der Waals surface area contributed by atoms with E-state index in [4.69, 9.17) is 5.73 Å². The van der Waals surface area contributed by atoms with Crippen LogP contribution < -0.4 is 10.6 Å². The third kappa shape index (κ3) is 2.85. The summed E-state index contributed by atoms with van der Waals surface area (Å²) in [6, 6.07) is 2.25. The Morgan fingerprint density at radius 2 is 2.18 bits per heavy atom. The van der Waals surface area contributed by atoms with Crippen LogP contribution in [-0.4, -0.2) is 47.6 Å². The lowest BCUT2D eigenvalue weighted by molar-refractivity contribution is 0.220. The molecule has 0 saturated carbocycles. The zero-order chi connectivity index (χ0) is 12.3. The van der Waals surface area contributed by atoms with Crippen molar-refractivity contribution in [1.82, 2.24) is 14.9 Å². The number of nitrogens with two attached hydrogens (primary N) is 1. The number of likely N-dealkylation sites (tertiary alicyclic amines) is 1. The molecule has 0 atom stereocenters. The van der Waals surface area contributed by atoms with E-state index in [0.717, 1.165) is 25.6 Å². The van der Waals surface area contributed by atoms with Gasteiger partial charge in [-0.3, -0.25) is 0 Å². The maximum atomic E-state index is 5.68. The lowest BCUT2D eigenvalue weighted by Gasteiger charge is -2.36. The zero-order valence-corrected chi connectivity index (χ0v) is 10.6. The summed E-state index contributed by atoms with van der Waals surface area (Å²) in [5.41, 5.74) is 5.68. The second-order valence-corrected chi connectivity index (χ2v) is 4.56. The highest BCUT2D eigenvalue weighted by molar-refractivity contribution is 5.37. The minimum atomic E-state index is 0.527. The molecule has 1 saturated heterocycles. The summed E-state index contributed by atoms with van der Waals surface area (Å²) in [4.78, 5) is 13.2. The van der Waals surface area contributed by atoms with Crippen molar-refractivity contribution in [3.8, 4) is 0 Å². The molecule has 0 radical (unpaired) electrons. The first-order chi connectivity index (χ1) is 8.20. The van der Waals surface area contributed by atoms with Crippen LogP contribution in [0, 0.1) is 0 Å². The van der Waals surface area contributed by atoms with E-state index in [-0.39, 0.29) is 0 Å². The monoisotopic (exact) mass is 235 g/mol. The first-order valence-electron chi connectivity index (χ1n) is 6.24. The summed E-state index contributed by atoms with van der Waals surface area (Å²) in [6.07, 6.45) is 4.06. The molecule has 1 aliphatic heterocycles. The molecule has 2 heterocycles. The van der Waals surface area contributed by atoms with Gasteiger partial charge in [0.15, 0.2) is 0 Å². The minimum absolute atomic E-state index is 0.527. The quantitative estimate of drug-likeness (QED) is 0.846. The number of nitrogens with zero attached hydrogens (tertiary/aromatic N) is 4. The van der Waals surface area contributed by atoms with E-state index in [1.165, 1.54) is 12.8 Å². The van der Waals surface area contributed by atoms with Crippen molar-refractivity contribution >= 4 is 11.8 Å². The molecular weight excluding hydrogens is 214 g/mol. The van der Waals surface area contributed by atoms with E-state index in [9.17, 15) is 0 Å². The van der Waals surface area contributed by atoms with Crippen LogP contribution in [0.5, 0.6) is 0 Å². The molecule has 1 aliphatic rings. The van der Waals surface area contributed by atoms with Gasteiger partial charge < -0.3 is 15.5 Å². The number of anilines is 2. The summed E-state index contributed by atoms with van der Waals surface area (Å²) >= 11 is 0. The number of piperidine rings is 1. The fourth-order valence-electron chi connectivity index (χ4n) is 2.32. The number of nitrogen functional groups attached to an aromatic ring is 1. The van der Waals surface area contributed by atoms with E-state index < -0.39 is 0 Å². The molecule has 0 aromatic carbocycles. The van der Waals surface area contributed by atoms with Gasteiger partial charge in [0.25, 0.3) is 0 Å². The van der Waals surface area contributed by atoms with Gasteiger partial charge in [0.05, 0.1) is 0 Å². The first-order valence-corrected chi connectivity index (χ1v) is 6.24. The summed E-state index contributed by atoms with van der Waals surface area (Å²) in [6.45, 7) is 5.68. The Balaban J connectivity index is 1.99.